The molecule has 94 valence electrons. The molecule has 1 aromatic carbocycles. The van der Waals surface area contributed by atoms with E-state index >= 15 is 0 Å². The van der Waals surface area contributed by atoms with Gasteiger partial charge in [-0.2, -0.15) is 0 Å². The minimum atomic E-state index is -0.0414. The minimum absolute atomic E-state index is 0.0414. The third-order valence-electron chi connectivity index (χ3n) is 3.42. The van der Waals surface area contributed by atoms with Crippen LogP contribution in [-0.2, 0) is 4.74 Å². The van der Waals surface area contributed by atoms with Crippen molar-refractivity contribution in [3.63, 3.8) is 0 Å². The second-order valence-corrected chi connectivity index (χ2v) is 5.42. The largest absolute Gasteiger partial charge is 0.399 e. The Kier molecular flexibility index (Phi) is 3.40. The molecule has 2 rings (SSSR count). The number of hydrogen-bond acceptors (Lipinski definition) is 3. The summed E-state index contributed by atoms with van der Waals surface area (Å²) < 4.78 is 5.74. The third-order valence-corrected chi connectivity index (χ3v) is 3.42. The third kappa shape index (κ3) is 2.99. The zero-order chi connectivity index (χ0) is 12.5. The highest BCUT2D eigenvalue weighted by Gasteiger charge is 2.29. The van der Waals surface area contributed by atoms with Crippen LogP contribution in [-0.4, -0.2) is 30.2 Å². The van der Waals surface area contributed by atoms with Crippen molar-refractivity contribution in [3.8, 4) is 0 Å². The summed E-state index contributed by atoms with van der Waals surface area (Å²) >= 11 is 0. The van der Waals surface area contributed by atoms with Crippen LogP contribution in [0.3, 0.4) is 0 Å². The topological polar surface area (TPSA) is 38.5 Å². The van der Waals surface area contributed by atoms with Crippen LogP contribution in [0.4, 0.5) is 5.69 Å². The quantitative estimate of drug-likeness (QED) is 0.799. The van der Waals surface area contributed by atoms with E-state index in [1.54, 1.807) is 0 Å². The lowest BCUT2D eigenvalue weighted by Gasteiger charge is -2.41. The van der Waals surface area contributed by atoms with Gasteiger partial charge in [-0.15, -0.1) is 0 Å². The van der Waals surface area contributed by atoms with E-state index < -0.39 is 0 Å². The van der Waals surface area contributed by atoms with Gasteiger partial charge in [0.15, 0.2) is 0 Å². The van der Waals surface area contributed by atoms with Crippen LogP contribution in [0.5, 0.6) is 0 Å². The molecule has 1 aliphatic rings. The van der Waals surface area contributed by atoms with Crippen molar-refractivity contribution in [2.75, 3.05) is 25.4 Å². The molecule has 0 amide bonds. The summed E-state index contributed by atoms with van der Waals surface area (Å²) in [6.45, 7) is 9.32. The molecule has 0 radical (unpaired) electrons. The molecule has 1 unspecified atom stereocenters. The van der Waals surface area contributed by atoms with Crippen molar-refractivity contribution >= 4 is 5.69 Å². The van der Waals surface area contributed by atoms with Crippen LogP contribution in [0.15, 0.2) is 24.3 Å². The summed E-state index contributed by atoms with van der Waals surface area (Å²) in [4.78, 5) is 2.47. The van der Waals surface area contributed by atoms with Crippen LogP contribution in [0.1, 0.15) is 32.4 Å². The fraction of sp³-hybridized carbons (Fsp3) is 0.571. The normalized spacial score (nSPS) is 22.3. The molecule has 2 N–H and O–H groups in total. The zero-order valence-electron chi connectivity index (χ0n) is 10.9. The van der Waals surface area contributed by atoms with E-state index in [4.69, 9.17) is 10.5 Å². The van der Waals surface area contributed by atoms with Gasteiger partial charge in [0.1, 0.15) is 0 Å². The van der Waals surface area contributed by atoms with Gasteiger partial charge < -0.3 is 10.5 Å². The van der Waals surface area contributed by atoms with Crippen molar-refractivity contribution in [2.24, 2.45) is 0 Å². The minimum Gasteiger partial charge on any atom is -0.399 e. The molecule has 1 fully saturated rings. The maximum absolute atomic E-state index is 5.74. The van der Waals surface area contributed by atoms with E-state index in [0.29, 0.717) is 6.04 Å². The van der Waals surface area contributed by atoms with E-state index in [1.807, 2.05) is 12.1 Å². The lowest BCUT2D eigenvalue weighted by Crippen LogP contribution is -2.48. The first kappa shape index (κ1) is 12.4. The van der Waals surface area contributed by atoms with Gasteiger partial charge in [0.05, 0.1) is 12.2 Å². The summed E-state index contributed by atoms with van der Waals surface area (Å²) in [5, 5.41) is 0. The number of nitrogens with two attached hydrogens (primary N) is 1. The molecule has 0 aliphatic carbocycles. The molecule has 0 saturated carbocycles. The fourth-order valence-electron chi connectivity index (χ4n) is 2.37. The fourth-order valence-corrected chi connectivity index (χ4v) is 2.37. The molecule has 1 atom stereocenters. The van der Waals surface area contributed by atoms with Crippen LogP contribution in [0.25, 0.3) is 0 Å². The Labute approximate surface area is 104 Å². The van der Waals surface area contributed by atoms with E-state index in [9.17, 15) is 0 Å². The molecule has 17 heavy (non-hydrogen) atoms. The first-order valence-corrected chi connectivity index (χ1v) is 6.21. The molecule has 3 nitrogen and oxygen atoms in total. The van der Waals surface area contributed by atoms with Gasteiger partial charge in [0, 0.05) is 24.8 Å². The number of anilines is 1. The average Bonchev–Trinajstić information content (AvgIpc) is 2.28. The van der Waals surface area contributed by atoms with Gasteiger partial charge in [0.25, 0.3) is 0 Å². The lowest BCUT2D eigenvalue weighted by atomic mass is 10.0. The highest BCUT2D eigenvalue weighted by Crippen LogP contribution is 2.26. The summed E-state index contributed by atoms with van der Waals surface area (Å²) in [6, 6.07) is 8.58. The highest BCUT2D eigenvalue weighted by molar-refractivity contribution is 5.40. The maximum atomic E-state index is 5.74. The zero-order valence-corrected chi connectivity index (χ0v) is 10.9. The van der Waals surface area contributed by atoms with Gasteiger partial charge in [-0.05, 0) is 38.5 Å². The highest BCUT2D eigenvalue weighted by atomic mass is 16.5. The monoisotopic (exact) mass is 234 g/mol. The number of ether oxygens (including phenoxy) is 1. The van der Waals surface area contributed by atoms with Crippen molar-refractivity contribution in [1.82, 2.24) is 4.90 Å². The number of nitrogens with zero attached hydrogens (tertiary/aromatic N) is 1. The van der Waals surface area contributed by atoms with Crippen molar-refractivity contribution < 1.29 is 4.74 Å². The Balaban J connectivity index is 2.09. The number of morpholine rings is 1. The Morgan fingerprint density at radius 2 is 1.94 bits per heavy atom. The average molecular weight is 234 g/mol. The molecule has 3 heteroatoms. The van der Waals surface area contributed by atoms with Crippen molar-refractivity contribution in [1.29, 1.82) is 0 Å². The van der Waals surface area contributed by atoms with E-state index in [-0.39, 0.29) is 5.60 Å². The molecule has 1 aromatic rings. The van der Waals surface area contributed by atoms with Crippen LogP contribution >= 0.6 is 0 Å². The molecule has 1 aliphatic heterocycles. The number of hydrogen-bond donors (Lipinski definition) is 1. The van der Waals surface area contributed by atoms with E-state index in [2.05, 4.69) is 37.8 Å². The van der Waals surface area contributed by atoms with Gasteiger partial charge in [-0.3, -0.25) is 4.90 Å². The van der Waals surface area contributed by atoms with E-state index in [1.165, 1.54) is 5.56 Å². The Hall–Kier alpha value is -1.06. The molecular weight excluding hydrogens is 212 g/mol. The van der Waals surface area contributed by atoms with Gasteiger partial charge >= 0.3 is 0 Å². The lowest BCUT2D eigenvalue weighted by molar-refractivity contribution is -0.0958. The summed E-state index contributed by atoms with van der Waals surface area (Å²) in [6.07, 6.45) is 0. The number of nitrogen functional groups attached to an aromatic ring is 1. The Morgan fingerprint density at radius 3 is 2.53 bits per heavy atom. The van der Waals surface area contributed by atoms with Gasteiger partial charge in [-0.1, -0.05) is 12.1 Å². The second-order valence-electron chi connectivity index (χ2n) is 5.42. The Bertz CT molecular complexity index is 372. The molecule has 1 saturated heterocycles. The van der Waals surface area contributed by atoms with Crippen LogP contribution in [0, 0.1) is 0 Å². The predicted molar refractivity (Wildman–Crippen MR) is 70.9 cm³/mol. The van der Waals surface area contributed by atoms with Crippen molar-refractivity contribution in [3.05, 3.63) is 29.8 Å². The van der Waals surface area contributed by atoms with Gasteiger partial charge in [-0.25, -0.2) is 0 Å². The summed E-state index contributed by atoms with van der Waals surface area (Å²) in [7, 11) is 0. The Morgan fingerprint density at radius 1 is 1.29 bits per heavy atom. The van der Waals surface area contributed by atoms with Gasteiger partial charge in [0.2, 0.25) is 0 Å². The number of rotatable bonds is 2. The first-order valence-electron chi connectivity index (χ1n) is 6.21. The van der Waals surface area contributed by atoms with Crippen LogP contribution in [0.2, 0.25) is 0 Å². The van der Waals surface area contributed by atoms with Crippen LogP contribution < -0.4 is 5.73 Å². The summed E-state index contributed by atoms with van der Waals surface area (Å²) in [5.74, 6) is 0. The standard InChI is InChI=1S/C14H22N2O/c1-11(12-4-6-13(15)7-5-12)16-8-9-17-14(2,3)10-16/h4-7,11H,8-10,15H2,1-3H3. The maximum Gasteiger partial charge on any atom is 0.0753 e. The summed E-state index contributed by atoms with van der Waals surface area (Å²) in [5.41, 5.74) is 7.81. The van der Waals surface area contributed by atoms with Crippen molar-refractivity contribution in [2.45, 2.75) is 32.4 Å². The molecule has 0 bridgehead atoms. The SMILES string of the molecule is CC(c1ccc(N)cc1)N1CCOC(C)(C)C1. The second kappa shape index (κ2) is 4.67. The molecular formula is C14H22N2O. The molecule has 0 aromatic heterocycles. The molecule has 0 spiro atoms. The van der Waals surface area contributed by atoms with E-state index in [0.717, 1.165) is 25.4 Å². The molecule has 1 heterocycles. The smallest absolute Gasteiger partial charge is 0.0753 e. The predicted octanol–water partition coefficient (Wildman–Crippen LogP) is 2.44. The number of benzene rings is 1. The first-order chi connectivity index (χ1) is 7.98.